The molecule has 4 rings (SSSR count). The van der Waals surface area contributed by atoms with Gasteiger partial charge in [-0.05, 0) is 71.8 Å². The molecule has 4 atom stereocenters. The third-order valence-electron chi connectivity index (χ3n) is 8.10. The van der Waals surface area contributed by atoms with E-state index in [0.29, 0.717) is 54.6 Å². The summed E-state index contributed by atoms with van der Waals surface area (Å²) in [7, 11) is 4.51. The molecule has 0 saturated carbocycles. The molecule has 0 aromatic heterocycles. The summed E-state index contributed by atoms with van der Waals surface area (Å²) in [5.74, 6) is 0.233. The molecule has 0 radical (unpaired) electrons. The maximum absolute atomic E-state index is 12.0. The van der Waals surface area contributed by atoms with Crippen LogP contribution in [-0.2, 0) is 52.7 Å². The van der Waals surface area contributed by atoms with E-state index in [1.54, 1.807) is 30.3 Å². The van der Waals surface area contributed by atoms with Crippen molar-refractivity contribution in [2.75, 3.05) is 34.5 Å². The molecule has 0 unspecified atom stereocenters. The molecule has 0 amide bonds. The predicted molar refractivity (Wildman–Crippen MR) is 182 cm³/mol. The number of carbonyl (C=O) groups excluding carboxylic acids is 4. The second-order valence-corrected chi connectivity index (χ2v) is 12.0. The highest BCUT2D eigenvalue weighted by molar-refractivity contribution is 5.71. The Morgan fingerprint density at radius 2 is 1.16 bits per heavy atom. The van der Waals surface area contributed by atoms with E-state index in [4.69, 9.17) is 42.6 Å². The van der Waals surface area contributed by atoms with Gasteiger partial charge in [0, 0.05) is 40.0 Å². The topological polar surface area (TPSA) is 151 Å². The molecule has 0 N–H and O–H groups in total. The number of hydrogen-bond donors (Lipinski definition) is 0. The molecular weight excluding hydrogens is 664 g/mol. The van der Waals surface area contributed by atoms with Crippen molar-refractivity contribution < 1.29 is 61.8 Å². The van der Waals surface area contributed by atoms with E-state index in [1.165, 1.54) is 49.0 Å². The minimum absolute atomic E-state index is 0.0297. The summed E-state index contributed by atoms with van der Waals surface area (Å²) in [6.45, 7) is 5.62. The normalized spacial score (nSPS) is 17.1. The van der Waals surface area contributed by atoms with E-state index < -0.39 is 36.3 Å². The van der Waals surface area contributed by atoms with Crippen LogP contribution >= 0.6 is 0 Å². The fraction of sp³-hybridized carbons (Fsp3) is 0.421. The fourth-order valence-electron chi connectivity index (χ4n) is 5.90. The van der Waals surface area contributed by atoms with E-state index in [2.05, 4.69) is 0 Å². The van der Waals surface area contributed by atoms with Crippen molar-refractivity contribution in [1.82, 2.24) is 0 Å². The van der Waals surface area contributed by atoms with Gasteiger partial charge in [0.05, 0.1) is 27.9 Å². The quantitative estimate of drug-likeness (QED) is 0.144. The molecule has 13 heteroatoms. The number of methoxy groups -OCH3 is 3. The second-order valence-electron chi connectivity index (χ2n) is 12.0. The van der Waals surface area contributed by atoms with Crippen LogP contribution in [0.25, 0.3) is 0 Å². The third-order valence-corrected chi connectivity index (χ3v) is 8.10. The van der Waals surface area contributed by atoms with Gasteiger partial charge in [-0.25, -0.2) is 0 Å². The van der Waals surface area contributed by atoms with Crippen molar-refractivity contribution in [3.8, 4) is 34.5 Å². The van der Waals surface area contributed by atoms with E-state index >= 15 is 0 Å². The molecule has 3 aromatic rings. The first-order valence-electron chi connectivity index (χ1n) is 16.3. The standard InChI is InChI=1S/C38H44O13/c1-22(39)46-21-30(15-27-9-12-33(49-24(3)41)36(18-27)44-6)51-34-13-10-28(19-37(34)45-7)16-31-29(20-47-38(31)50-25(4)42)14-26-8-11-32(48-23(2)40)35(17-26)43-5/h8-13,17-19,29-31,38H,14-16,20-21H2,1-7H3/t29-,30+,31+,38-/m0/s1. The van der Waals surface area contributed by atoms with Gasteiger partial charge >= 0.3 is 23.9 Å². The van der Waals surface area contributed by atoms with E-state index in [1.807, 2.05) is 24.3 Å². The summed E-state index contributed by atoms with van der Waals surface area (Å²) in [4.78, 5) is 46.7. The monoisotopic (exact) mass is 708 g/mol. The Morgan fingerprint density at radius 3 is 1.69 bits per heavy atom. The Morgan fingerprint density at radius 1 is 0.647 bits per heavy atom. The van der Waals surface area contributed by atoms with Crippen LogP contribution < -0.4 is 28.4 Å². The smallest absolute Gasteiger partial charge is 0.308 e. The Kier molecular flexibility index (Phi) is 13.7. The first-order valence-corrected chi connectivity index (χ1v) is 16.3. The molecule has 274 valence electrons. The van der Waals surface area contributed by atoms with E-state index in [9.17, 15) is 19.2 Å². The Balaban J connectivity index is 1.55. The van der Waals surface area contributed by atoms with Crippen molar-refractivity contribution in [3.63, 3.8) is 0 Å². The second kappa shape index (κ2) is 18.1. The molecule has 0 bridgehead atoms. The Hall–Kier alpha value is -5.30. The predicted octanol–water partition coefficient (Wildman–Crippen LogP) is 5.05. The van der Waals surface area contributed by atoms with Gasteiger partial charge in [-0.15, -0.1) is 0 Å². The van der Waals surface area contributed by atoms with E-state index in [-0.39, 0.29) is 24.2 Å². The lowest BCUT2D eigenvalue weighted by atomic mass is 9.84. The first kappa shape index (κ1) is 38.5. The Bertz CT molecular complexity index is 1700. The van der Waals surface area contributed by atoms with Crippen LogP contribution in [0.5, 0.6) is 34.5 Å². The average Bonchev–Trinajstić information content (AvgIpc) is 3.43. The third kappa shape index (κ3) is 11.1. The fourth-order valence-corrected chi connectivity index (χ4v) is 5.90. The molecule has 3 aromatic carbocycles. The van der Waals surface area contributed by atoms with Crippen LogP contribution in [0.4, 0.5) is 0 Å². The zero-order valence-electron chi connectivity index (χ0n) is 29.8. The highest BCUT2D eigenvalue weighted by Crippen LogP contribution is 2.38. The lowest BCUT2D eigenvalue weighted by molar-refractivity contribution is -0.173. The number of benzene rings is 3. The van der Waals surface area contributed by atoms with Crippen molar-refractivity contribution in [3.05, 3.63) is 71.3 Å². The van der Waals surface area contributed by atoms with Crippen LogP contribution in [0.15, 0.2) is 54.6 Å². The minimum Gasteiger partial charge on any atom is -0.493 e. The molecule has 0 spiro atoms. The number of rotatable bonds is 16. The largest absolute Gasteiger partial charge is 0.493 e. The molecule has 1 heterocycles. The number of ether oxygens (including phenoxy) is 9. The lowest BCUT2D eigenvalue weighted by Crippen LogP contribution is -2.28. The highest BCUT2D eigenvalue weighted by Gasteiger charge is 2.39. The molecule has 1 aliphatic heterocycles. The maximum atomic E-state index is 12.0. The summed E-state index contributed by atoms with van der Waals surface area (Å²) in [5, 5.41) is 0. The number of hydrogen-bond acceptors (Lipinski definition) is 13. The van der Waals surface area contributed by atoms with Crippen LogP contribution in [0.3, 0.4) is 0 Å². The van der Waals surface area contributed by atoms with Crippen molar-refractivity contribution in [2.45, 2.75) is 59.4 Å². The average molecular weight is 709 g/mol. The molecule has 1 fully saturated rings. The maximum Gasteiger partial charge on any atom is 0.308 e. The lowest BCUT2D eigenvalue weighted by Gasteiger charge is -2.24. The van der Waals surface area contributed by atoms with Gasteiger partial charge in [0.2, 0.25) is 6.29 Å². The van der Waals surface area contributed by atoms with Gasteiger partial charge in [-0.3, -0.25) is 19.2 Å². The molecule has 51 heavy (non-hydrogen) atoms. The van der Waals surface area contributed by atoms with Gasteiger partial charge in [0.15, 0.2) is 34.5 Å². The molecular formula is C38H44O13. The van der Waals surface area contributed by atoms with E-state index in [0.717, 1.165) is 16.7 Å². The van der Waals surface area contributed by atoms with Crippen LogP contribution in [0, 0.1) is 11.8 Å². The number of carbonyl (C=O) groups is 4. The van der Waals surface area contributed by atoms with Gasteiger partial charge in [0.1, 0.15) is 12.7 Å². The first-order chi connectivity index (χ1) is 24.4. The summed E-state index contributed by atoms with van der Waals surface area (Å²) >= 11 is 0. The molecule has 13 nitrogen and oxygen atoms in total. The number of esters is 4. The summed E-state index contributed by atoms with van der Waals surface area (Å²) < 4.78 is 50.3. The molecule has 1 saturated heterocycles. The Labute approximate surface area is 297 Å². The van der Waals surface area contributed by atoms with Gasteiger partial charge in [-0.2, -0.15) is 0 Å². The summed E-state index contributed by atoms with van der Waals surface area (Å²) in [6.07, 6.45) is 0.0409. The summed E-state index contributed by atoms with van der Waals surface area (Å²) in [6, 6.07) is 16.0. The van der Waals surface area contributed by atoms with Crippen molar-refractivity contribution in [1.29, 1.82) is 0 Å². The molecule has 0 aliphatic carbocycles. The van der Waals surface area contributed by atoms with Gasteiger partial charge in [-0.1, -0.05) is 18.2 Å². The van der Waals surface area contributed by atoms with Gasteiger partial charge < -0.3 is 42.6 Å². The van der Waals surface area contributed by atoms with Crippen molar-refractivity contribution >= 4 is 23.9 Å². The zero-order chi connectivity index (χ0) is 37.1. The summed E-state index contributed by atoms with van der Waals surface area (Å²) in [5.41, 5.74) is 2.61. The highest BCUT2D eigenvalue weighted by atomic mass is 16.7. The van der Waals surface area contributed by atoms with Crippen LogP contribution in [0.2, 0.25) is 0 Å². The minimum atomic E-state index is -0.756. The molecule has 1 aliphatic rings. The van der Waals surface area contributed by atoms with Crippen LogP contribution in [0.1, 0.15) is 44.4 Å². The van der Waals surface area contributed by atoms with Crippen LogP contribution in [-0.4, -0.2) is 70.8 Å². The van der Waals surface area contributed by atoms with Gasteiger partial charge in [0.25, 0.3) is 0 Å². The SMILES string of the molecule is COc1cc(C[C@H](COC(C)=O)Oc2ccc(C[C@@H]3[C@@H](Cc4ccc(OC(C)=O)c(OC)c4)CO[C@H]3OC(C)=O)cc2OC)ccc1OC(C)=O. The zero-order valence-corrected chi connectivity index (χ0v) is 29.8. The van der Waals surface area contributed by atoms with Crippen molar-refractivity contribution in [2.24, 2.45) is 11.8 Å².